The van der Waals surface area contributed by atoms with Gasteiger partial charge in [0.2, 0.25) is 11.8 Å². The van der Waals surface area contributed by atoms with E-state index in [1.165, 1.54) is 16.0 Å². The van der Waals surface area contributed by atoms with Crippen molar-refractivity contribution in [2.24, 2.45) is 0 Å². The summed E-state index contributed by atoms with van der Waals surface area (Å²) in [6.07, 6.45) is 3.78. The molecule has 1 aliphatic rings. The van der Waals surface area contributed by atoms with E-state index in [1.54, 1.807) is 22.3 Å². The van der Waals surface area contributed by atoms with E-state index < -0.39 is 0 Å². The Labute approximate surface area is 171 Å². The maximum Gasteiger partial charge on any atom is 0.243 e. The first-order chi connectivity index (χ1) is 13.6. The van der Waals surface area contributed by atoms with E-state index in [0.717, 1.165) is 18.4 Å². The normalized spacial score (nSPS) is 15.8. The first-order valence-electron chi connectivity index (χ1n) is 9.86. The number of benzene rings is 1. The summed E-state index contributed by atoms with van der Waals surface area (Å²) in [5.74, 6) is 0.00725. The molecule has 0 bridgehead atoms. The van der Waals surface area contributed by atoms with Crippen LogP contribution in [0.5, 0.6) is 0 Å². The fourth-order valence-electron chi connectivity index (χ4n) is 3.85. The third-order valence-electron chi connectivity index (χ3n) is 5.26. The van der Waals surface area contributed by atoms with Crippen LogP contribution < -0.4 is 0 Å². The molecule has 1 atom stereocenters. The van der Waals surface area contributed by atoms with Gasteiger partial charge in [0.15, 0.2) is 0 Å². The quantitative estimate of drug-likeness (QED) is 0.653. The number of aryl methyl sites for hydroxylation is 1. The van der Waals surface area contributed by atoms with Gasteiger partial charge in [0, 0.05) is 24.4 Å². The molecule has 0 spiro atoms. The van der Waals surface area contributed by atoms with Crippen molar-refractivity contribution < 1.29 is 9.59 Å². The van der Waals surface area contributed by atoms with Crippen molar-refractivity contribution in [3.05, 3.63) is 69.9 Å². The average molecular weight is 397 g/mol. The largest absolute Gasteiger partial charge is 0.330 e. The van der Waals surface area contributed by atoms with E-state index in [0.29, 0.717) is 19.5 Å². The number of amides is 2. The van der Waals surface area contributed by atoms with Crippen LogP contribution in [-0.2, 0) is 16.0 Å². The number of hydrogen-bond donors (Lipinski definition) is 0. The molecule has 4 nitrogen and oxygen atoms in total. The highest BCUT2D eigenvalue weighted by atomic mass is 32.1. The number of carbonyl (C=O) groups is 2. The Morgan fingerprint density at radius 3 is 2.79 bits per heavy atom. The standard InChI is InChI=1S/C23H28N2O2S/c1-4-8-21(26)24(13-5-2)16-22(27)25-14-11-20-19(12-15-28-20)23(25)18-10-7-6-9-17(18)3/h5-7,9-10,12,15,23H,2,4,8,11,13-14,16H2,1,3H3/t23-/m1/s1. The van der Waals surface area contributed by atoms with Gasteiger partial charge in [-0.25, -0.2) is 0 Å². The second kappa shape index (κ2) is 9.20. The number of carbonyl (C=O) groups excluding carboxylic acids is 2. The molecule has 148 valence electrons. The molecule has 0 saturated heterocycles. The van der Waals surface area contributed by atoms with Gasteiger partial charge in [-0.05, 0) is 47.9 Å². The molecular formula is C23H28N2O2S. The lowest BCUT2D eigenvalue weighted by atomic mass is 9.90. The molecule has 0 unspecified atom stereocenters. The summed E-state index contributed by atoms with van der Waals surface area (Å²) in [4.78, 5) is 30.7. The third kappa shape index (κ3) is 4.20. The van der Waals surface area contributed by atoms with Gasteiger partial charge >= 0.3 is 0 Å². The Morgan fingerprint density at radius 2 is 2.07 bits per heavy atom. The maximum atomic E-state index is 13.3. The zero-order chi connectivity index (χ0) is 20.1. The molecular weight excluding hydrogens is 368 g/mol. The van der Waals surface area contributed by atoms with Crippen LogP contribution in [0.4, 0.5) is 0 Å². The Morgan fingerprint density at radius 1 is 1.29 bits per heavy atom. The molecule has 2 amide bonds. The molecule has 0 fully saturated rings. The van der Waals surface area contributed by atoms with Crippen molar-refractivity contribution in [2.75, 3.05) is 19.6 Å². The highest BCUT2D eigenvalue weighted by Gasteiger charge is 2.34. The smallest absolute Gasteiger partial charge is 0.243 e. The molecule has 0 saturated carbocycles. The minimum atomic E-state index is -0.0874. The first-order valence-corrected chi connectivity index (χ1v) is 10.7. The summed E-state index contributed by atoms with van der Waals surface area (Å²) in [6.45, 7) is 8.99. The second-order valence-electron chi connectivity index (χ2n) is 7.21. The summed E-state index contributed by atoms with van der Waals surface area (Å²) in [5.41, 5.74) is 3.55. The SMILES string of the molecule is C=CCN(CC(=O)N1CCc2sccc2[C@H]1c1ccccc1C)C(=O)CCC. The highest BCUT2D eigenvalue weighted by molar-refractivity contribution is 7.10. The zero-order valence-electron chi connectivity index (χ0n) is 16.7. The molecule has 0 N–H and O–H groups in total. The Kier molecular flexibility index (Phi) is 6.68. The molecule has 2 heterocycles. The summed E-state index contributed by atoms with van der Waals surface area (Å²) < 4.78 is 0. The van der Waals surface area contributed by atoms with Gasteiger partial charge in [-0.15, -0.1) is 17.9 Å². The van der Waals surface area contributed by atoms with Gasteiger partial charge in [0.1, 0.15) is 6.54 Å². The van der Waals surface area contributed by atoms with Crippen molar-refractivity contribution in [3.8, 4) is 0 Å². The molecule has 5 heteroatoms. The van der Waals surface area contributed by atoms with Crippen LogP contribution in [0, 0.1) is 6.92 Å². The molecule has 3 rings (SSSR count). The number of hydrogen-bond acceptors (Lipinski definition) is 3. The molecule has 28 heavy (non-hydrogen) atoms. The number of nitrogens with zero attached hydrogens (tertiary/aromatic N) is 2. The molecule has 1 aliphatic heterocycles. The zero-order valence-corrected chi connectivity index (χ0v) is 17.5. The maximum absolute atomic E-state index is 13.3. The average Bonchev–Trinajstić information content (AvgIpc) is 3.16. The van der Waals surface area contributed by atoms with Crippen molar-refractivity contribution in [1.29, 1.82) is 0 Å². The summed E-state index contributed by atoms with van der Waals surface area (Å²) >= 11 is 1.76. The Hall–Kier alpha value is -2.40. The van der Waals surface area contributed by atoms with Crippen molar-refractivity contribution in [2.45, 2.75) is 39.2 Å². The van der Waals surface area contributed by atoms with Crippen LogP contribution in [0.15, 0.2) is 48.4 Å². The lowest BCUT2D eigenvalue weighted by Crippen LogP contribution is -2.46. The van der Waals surface area contributed by atoms with Crippen LogP contribution in [0.2, 0.25) is 0 Å². The highest BCUT2D eigenvalue weighted by Crippen LogP contribution is 2.38. The predicted molar refractivity (Wildman–Crippen MR) is 114 cm³/mol. The summed E-state index contributed by atoms with van der Waals surface area (Å²) in [6, 6.07) is 10.3. The van der Waals surface area contributed by atoms with Crippen LogP contribution in [-0.4, -0.2) is 41.2 Å². The van der Waals surface area contributed by atoms with Gasteiger partial charge in [0.25, 0.3) is 0 Å². The van der Waals surface area contributed by atoms with Gasteiger partial charge < -0.3 is 9.80 Å². The summed E-state index contributed by atoms with van der Waals surface area (Å²) in [7, 11) is 0. The van der Waals surface area contributed by atoms with E-state index in [4.69, 9.17) is 0 Å². The lowest BCUT2D eigenvalue weighted by Gasteiger charge is -2.38. The van der Waals surface area contributed by atoms with Crippen molar-refractivity contribution >= 4 is 23.2 Å². The monoisotopic (exact) mass is 396 g/mol. The van der Waals surface area contributed by atoms with Crippen molar-refractivity contribution in [3.63, 3.8) is 0 Å². The Bertz CT molecular complexity index is 858. The van der Waals surface area contributed by atoms with E-state index in [9.17, 15) is 9.59 Å². The van der Waals surface area contributed by atoms with Gasteiger partial charge in [0.05, 0.1) is 6.04 Å². The minimum Gasteiger partial charge on any atom is -0.330 e. The molecule has 1 aromatic carbocycles. The predicted octanol–water partition coefficient (Wildman–Crippen LogP) is 4.35. The van der Waals surface area contributed by atoms with E-state index in [1.807, 2.05) is 24.0 Å². The van der Waals surface area contributed by atoms with E-state index >= 15 is 0 Å². The van der Waals surface area contributed by atoms with Gasteiger partial charge in [-0.2, -0.15) is 0 Å². The second-order valence-corrected chi connectivity index (χ2v) is 8.21. The molecule has 0 aliphatic carbocycles. The first kappa shape index (κ1) is 20.3. The Balaban J connectivity index is 1.90. The fraction of sp³-hybridized carbons (Fsp3) is 0.391. The van der Waals surface area contributed by atoms with Crippen molar-refractivity contribution in [1.82, 2.24) is 9.80 Å². The van der Waals surface area contributed by atoms with Crippen LogP contribution >= 0.6 is 11.3 Å². The number of rotatable bonds is 7. The topological polar surface area (TPSA) is 40.6 Å². The van der Waals surface area contributed by atoms with E-state index in [-0.39, 0.29) is 24.4 Å². The molecule has 2 aromatic rings. The summed E-state index contributed by atoms with van der Waals surface area (Å²) in [5, 5.41) is 2.11. The van der Waals surface area contributed by atoms with E-state index in [2.05, 4.69) is 37.1 Å². The molecule has 0 radical (unpaired) electrons. The lowest BCUT2D eigenvalue weighted by molar-refractivity contribution is -0.141. The number of thiophene rings is 1. The molecule has 1 aromatic heterocycles. The third-order valence-corrected chi connectivity index (χ3v) is 6.26. The van der Waals surface area contributed by atoms with Gasteiger partial charge in [-0.1, -0.05) is 37.3 Å². The van der Waals surface area contributed by atoms with Crippen LogP contribution in [0.1, 0.15) is 47.4 Å². The van der Waals surface area contributed by atoms with Crippen LogP contribution in [0.25, 0.3) is 0 Å². The minimum absolute atomic E-state index is 0.00333. The fourth-order valence-corrected chi connectivity index (χ4v) is 4.75. The van der Waals surface area contributed by atoms with Crippen LogP contribution in [0.3, 0.4) is 0 Å². The van der Waals surface area contributed by atoms with Gasteiger partial charge in [-0.3, -0.25) is 9.59 Å². The number of fused-ring (bicyclic) bond motifs is 1.